The molecule has 110 valence electrons. The fourth-order valence-corrected chi connectivity index (χ4v) is 3.34. The normalized spacial score (nSPS) is 30.3. The van der Waals surface area contributed by atoms with E-state index in [9.17, 15) is 0 Å². The maximum absolute atomic E-state index is 5.94. The van der Waals surface area contributed by atoms with Crippen LogP contribution in [0.15, 0.2) is 0 Å². The summed E-state index contributed by atoms with van der Waals surface area (Å²) in [5.41, 5.74) is 5.94. The Balaban J connectivity index is 0.00000144. The van der Waals surface area contributed by atoms with E-state index in [1.807, 2.05) is 0 Å². The summed E-state index contributed by atoms with van der Waals surface area (Å²) in [7, 11) is 0. The summed E-state index contributed by atoms with van der Waals surface area (Å²) in [5.74, 6) is 1.70. The van der Waals surface area contributed by atoms with Gasteiger partial charge in [-0.1, -0.05) is 6.92 Å². The number of nitrogens with one attached hydrogen (secondary N) is 1. The highest BCUT2D eigenvalue weighted by Gasteiger charge is 2.29. The van der Waals surface area contributed by atoms with Gasteiger partial charge in [-0.3, -0.25) is 4.90 Å². The number of rotatable bonds is 3. The minimum atomic E-state index is 0. The summed E-state index contributed by atoms with van der Waals surface area (Å²) >= 11 is 0. The van der Waals surface area contributed by atoms with Crippen molar-refractivity contribution >= 4 is 24.8 Å². The number of nitrogens with zero attached hydrogens (tertiary/aromatic N) is 1. The van der Waals surface area contributed by atoms with Crippen molar-refractivity contribution in [2.75, 3.05) is 32.7 Å². The van der Waals surface area contributed by atoms with Crippen LogP contribution in [0.2, 0.25) is 0 Å². The van der Waals surface area contributed by atoms with Crippen molar-refractivity contribution in [1.29, 1.82) is 0 Å². The minimum absolute atomic E-state index is 0. The molecule has 2 saturated heterocycles. The van der Waals surface area contributed by atoms with Gasteiger partial charge in [-0.25, -0.2) is 0 Å². The summed E-state index contributed by atoms with van der Waals surface area (Å²) < 4.78 is 0. The lowest BCUT2D eigenvalue weighted by Gasteiger charge is -2.41. The molecule has 2 fully saturated rings. The molecule has 3 nitrogen and oxygen atoms in total. The highest BCUT2D eigenvalue weighted by Crippen LogP contribution is 2.25. The molecule has 5 heteroatoms. The van der Waals surface area contributed by atoms with E-state index in [2.05, 4.69) is 17.1 Å². The van der Waals surface area contributed by atoms with E-state index in [4.69, 9.17) is 5.73 Å². The molecule has 0 saturated carbocycles. The predicted molar refractivity (Wildman–Crippen MR) is 82.9 cm³/mol. The molecule has 18 heavy (non-hydrogen) atoms. The predicted octanol–water partition coefficient (Wildman–Crippen LogP) is 1.89. The largest absolute Gasteiger partial charge is 0.329 e. The third kappa shape index (κ3) is 4.86. The van der Waals surface area contributed by atoms with Gasteiger partial charge in [-0.15, -0.1) is 24.8 Å². The molecular weight excluding hydrogens is 269 g/mol. The second kappa shape index (κ2) is 9.38. The van der Waals surface area contributed by atoms with E-state index < -0.39 is 0 Å². The standard InChI is InChI=1S/C13H27N3.2ClH/c1-11-3-2-8-16(13(11)9-14)10-12-4-6-15-7-5-12;;/h11-13,15H,2-10,14H2,1H3;2*1H. The second-order valence-corrected chi connectivity index (χ2v) is 5.61. The van der Waals surface area contributed by atoms with Crippen molar-refractivity contribution in [1.82, 2.24) is 10.2 Å². The molecule has 2 rings (SSSR count). The van der Waals surface area contributed by atoms with E-state index in [-0.39, 0.29) is 24.8 Å². The van der Waals surface area contributed by atoms with E-state index >= 15 is 0 Å². The summed E-state index contributed by atoms with van der Waals surface area (Å²) in [4.78, 5) is 2.67. The Bertz CT molecular complexity index is 210. The van der Waals surface area contributed by atoms with Crippen LogP contribution in [0, 0.1) is 11.8 Å². The topological polar surface area (TPSA) is 41.3 Å². The Hall–Kier alpha value is 0.460. The van der Waals surface area contributed by atoms with Crippen molar-refractivity contribution in [2.24, 2.45) is 17.6 Å². The monoisotopic (exact) mass is 297 g/mol. The van der Waals surface area contributed by atoms with Crippen LogP contribution in [-0.2, 0) is 0 Å². The van der Waals surface area contributed by atoms with Crippen LogP contribution in [0.25, 0.3) is 0 Å². The Labute approximate surface area is 124 Å². The van der Waals surface area contributed by atoms with Gasteiger partial charge in [-0.05, 0) is 57.2 Å². The lowest BCUT2D eigenvalue weighted by molar-refractivity contribution is 0.0821. The molecule has 0 spiro atoms. The van der Waals surface area contributed by atoms with Gasteiger partial charge in [0.15, 0.2) is 0 Å². The minimum Gasteiger partial charge on any atom is -0.329 e. The van der Waals surface area contributed by atoms with E-state index in [1.165, 1.54) is 51.9 Å². The highest BCUT2D eigenvalue weighted by molar-refractivity contribution is 5.85. The summed E-state index contributed by atoms with van der Waals surface area (Å²) in [6.07, 6.45) is 5.43. The summed E-state index contributed by atoms with van der Waals surface area (Å²) in [6, 6.07) is 0.642. The maximum atomic E-state index is 5.94. The molecule has 0 aliphatic carbocycles. The van der Waals surface area contributed by atoms with Crippen LogP contribution in [0.3, 0.4) is 0 Å². The van der Waals surface area contributed by atoms with Gasteiger partial charge < -0.3 is 11.1 Å². The Morgan fingerprint density at radius 2 is 1.83 bits per heavy atom. The molecule has 0 aromatic rings. The van der Waals surface area contributed by atoms with Crippen molar-refractivity contribution in [3.63, 3.8) is 0 Å². The van der Waals surface area contributed by atoms with Crippen LogP contribution in [0.1, 0.15) is 32.6 Å². The second-order valence-electron chi connectivity index (χ2n) is 5.61. The van der Waals surface area contributed by atoms with E-state index in [0.717, 1.165) is 18.4 Å². The van der Waals surface area contributed by atoms with Crippen LogP contribution in [0.5, 0.6) is 0 Å². The molecule has 2 atom stereocenters. The maximum Gasteiger partial charge on any atom is 0.0244 e. The lowest BCUT2D eigenvalue weighted by Crippen LogP contribution is -2.51. The van der Waals surface area contributed by atoms with E-state index in [0.29, 0.717) is 6.04 Å². The molecular formula is C13H29Cl2N3. The Kier molecular flexibility index (Phi) is 9.62. The molecule has 0 aromatic carbocycles. The van der Waals surface area contributed by atoms with Crippen LogP contribution in [0.4, 0.5) is 0 Å². The number of piperidine rings is 2. The lowest BCUT2D eigenvalue weighted by atomic mass is 9.88. The van der Waals surface area contributed by atoms with Crippen LogP contribution < -0.4 is 11.1 Å². The number of hydrogen-bond donors (Lipinski definition) is 2. The van der Waals surface area contributed by atoms with Crippen LogP contribution >= 0.6 is 24.8 Å². The number of halogens is 2. The number of likely N-dealkylation sites (tertiary alicyclic amines) is 1. The first-order valence-corrected chi connectivity index (χ1v) is 6.96. The molecule has 0 aromatic heterocycles. The SMILES string of the molecule is CC1CCCN(CC2CCNCC2)C1CN.Cl.Cl. The third-order valence-electron chi connectivity index (χ3n) is 4.42. The molecule has 2 heterocycles. The molecule has 2 unspecified atom stereocenters. The molecule has 2 aliphatic heterocycles. The molecule has 2 aliphatic rings. The van der Waals surface area contributed by atoms with Gasteiger partial charge >= 0.3 is 0 Å². The van der Waals surface area contributed by atoms with Gasteiger partial charge in [0.2, 0.25) is 0 Å². The van der Waals surface area contributed by atoms with Crippen molar-refractivity contribution < 1.29 is 0 Å². The zero-order chi connectivity index (χ0) is 11.4. The summed E-state index contributed by atoms with van der Waals surface area (Å²) in [5, 5.41) is 3.44. The first kappa shape index (κ1) is 18.5. The fraction of sp³-hybridized carbons (Fsp3) is 1.00. The average molecular weight is 298 g/mol. The van der Waals surface area contributed by atoms with Crippen molar-refractivity contribution in [3.8, 4) is 0 Å². The van der Waals surface area contributed by atoms with Crippen molar-refractivity contribution in [2.45, 2.75) is 38.6 Å². The van der Waals surface area contributed by atoms with Gasteiger partial charge in [-0.2, -0.15) is 0 Å². The Morgan fingerprint density at radius 3 is 2.44 bits per heavy atom. The zero-order valence-electron chi connectivity index (χ0n) is 11.4. The molecule has 0 bridgehead atoms. The van der Waals surface area contributed by atoms with Crippen LogP contribution in [-0.4, -0.2) is 43.7 Å². The number of hydrogen-bond acceptors (Lipinski definition) is 3. The van der Waals surface area contributed by atoms with E-state index in [1.54, 1.807) is 0 Å². The van der Waals surface area contributed by atoms with Gasteiger partial charge in [0.05, 0.1) is 0 Å². The highest BCUT2D eigenvalue weighted by atomic mass is 35.5. The molecule has 0 radical (unpaired) electrons. The first-order valence-electron chi connectivity index (χ1n) is 6.96. The third-order valence-corrected chi connectivity index (χ3v) is 4.42. The Morgan fingerprint density at radius 1 is 1.17 bits per heavy atom. The average Bonchev–Trinajstić information content (AvgIpc) is 2.31. The van der Waals surface area contributed by atoms with Gasteiger partial charge in [0, 0.05) is 19.1 Å². The zero-order valence-corrected chi connectivity index (χ0v) is 13.1. The first-order chi connectivity index (χ1) is 7.81. The fourth-order valence-electron chi connectivity index (χ4n) is 3.34. The van der Waals surface area contributed by atoms with Gasteiger partial charge in [0.1, 0.15) is 0 Å². The quantitative estimate of drug-likeness (QED) is 0.836. The number of nitrogens with two attached hydrogens (primary N) is 1. The molecule has 3 N–H and O–H groups in total. The summed E-state index contributed by atoms with van der Waals surface area (Å²) in [6.45, 7) is 8.19. The van der Waals surface area contributed by atoms with Crippen molar-refractivity contribution in [3.05, 3.63) is 0 Å². The smallest absolute Gasteiger partial charge is 0.0244 e. The van der Waals surface area contributed by atoms with Gasteiger partial charge in [0.25, 0.3) is 0 Å². The molecule has 0 amide bonds.